The average molecular weight is 444 g/mol. The maximum atomic E-state index is 12.2. The molecule has 172 valence electrons. The van der Waals surface area contributed by atoms with Gasteiger partial charge in [-0.25, -0.2) is 4.99 Å². The van der Waals surface area contributed by atoms with E-state index in [0.717, 1.165) is 48.1 Å². The summed E-state index contributed by atoms with van der Waals surface area (Å²) in [7, 11) is 0. The second-order valence-corrected chi connectivity index (χ2v) is 8.86. The number of hydrogen-bond acceptors (Lipinski definition) is 5. The van der Waals surface area contributed by atoms with E-state index in [9.17, 15) is 10.1 Å². The second kappa shape index (κ2) is 11.1. The SMILES string of the molecule is CCC/C(C)=N\C(=C/CC(C)CC)Oc1cc(C#N)ccc1-c1ccc2c(c1)CC(N)C2=O. The molecule has 2 aromatic rings. The van der Waals surface area contributed by atoms with E-state index in [1.54, 1.807) is 12.1 Å². The highest BCUT2D eigenvalue weighted by Gasteiger charge is 2.27. The van der Waals surface area contributed by atoms with E-state index in [1.165, 1.54) is 0 Å². The number of benzene rings is 2. The van der Waals surface area contributed by atoms with Gasteiger partial charge in [-0.05, 0) is 67.5 Å². The van der Waals surface area contributed by atoms with Crippen LogP contribution in [0.5, 0.6) is 5.75 Å². The van der Waals surface area contributed by atoms with Gasteiger partial charge in [-0.1, -0.05) is 51.8 Å². The summed E-state index contributed by atoms with van der Waals surface area (Å²) in [6, 6.07) is 12.9. The number of fused-ring (bicyclic) bond motifs is 1. The summed E-state index contributed by atoms with van der Waals surface area (Å²) in [6.07, 6.45) is 6.42. The molecular weight excluding hydrogens is 410 g/mol. The van der Waals surface area contributed by atoms with Gasteiger partial charge < -0.3 is 10.5 Å². The van der Waals surface area contributed by atoms with Crippen molar-refractivity contribution < 1.29 is 9.53 Å². The van der Waals surface area contributed by atoms with E-state index in [-0.39, 0.29) is 5.78 Å². The zero-order chi connectivity index (χ0) is 24.0. The van der Waals surface area contributed by atoms with Crippen LogP contribution in [0, 0.1) is 17.2 Å². The molecule has 0 heterocycles. The Kier molecular flexibility index (Phi) is 8.19. The number of Topliss-reactive ketones (excluding diaryl/α,β-unsaturated/α-hetero) is 1. The molecule has 0 amide bonds. The molecule has 0 fully saturated rings. The Balaban J connectivity index is 2.02. The van der Waals surface area contributed by atoms with Crippen LogP contribution >= 0.6 is 0 Å². The summed E-state index contributed by atoms with van der Waals surface area (Å²) in [5.74, 6) is 1.64. The van der Waals surface area contributed by atoms with Crippen molar-refractivity contribution in [2.24, 2.45) is 16.6 Å². The molecule has 5 nitrogen and oxygen atoms in total. The maximum Gasteiger partial charge on any atom is 0.215 e. The van der Waals surface area contributed by atoms with Crippen LogP contribution in [0.3, 0.4) is 0 Å². The number of rotatable bonds is 9. The smallest absolute Gasteiger partial charge is 0.215 e. The molecule has 3 rings (SSSR count). The molecule has 0 bridgehead atoms. The molecule has 2 aromatic carbocycles. The van der Waals surface area contributed by atoms with Gasteiger partial charge in [-0.3, -0.25) is 4.79 Å². The fourth-order valence-corrected chi connectivity index (χ4v) is 3.91. The zero-order valence-corrected chi connectivity index (χ0v) is 20.0. The molecule has 0 aliphatic heterocycles. The van der Waals surface area contributed by atoms with Gasteiger partial charge in [-0.2, -0.15) is 5.26 Å². The molecule has 1 aliphatic carbocycles. The number of aliphatic imine (C=N–C) groups is 1. The van der Waals surface area contributed by atoms with Crippen molar-refractivity contribution in [2.45, 2.75) is 65.8 Å². The van der Waals surface area contributed by atoms with Gasteiger partial charge >= 0.3 is 0 Å². The fraction of sp³-hybridized carbons (Fsp3) is 0.393. The quantitative estimate of drug-likeness (QED) is 0.369. The molecule has 0 saturated heterocycles. The van der Waals surface area contributed by atoms with Crippen LogP contribution in [0.4, 0.5) is 0 Å². The third kappa shape index (κ3) is 5.97. The van der Waals surface area contributed by atoms with Crippen LogP contribution in [0.2, 0.25) is 0 Å². The minimum atomic E-state index is -0.474. The Hall–Kier alpha value is -3.23. The summed E-state index contributed by atoms with van der Waals surface area (Å²) in [5.41, 5.74) is 10.9. The van der Waals surface area contributed by atoms with Crippen molar-refractivity contribution in [3.8, 4) is 22.9 Å². The summed E-state index contributed by atoms with van der Waals surface area (Å²) in [5, 5.41) is 9.47. The highest BCUT2D eigenvalue weighted by molar-refractivity contribution is 6.04. The Morgan fingerprint density at radius 2 is 2.03 bits per heavy atom. The van der Waals surface area contributed by atoms with Crippen molar-refractivity contribution in [2.75, 3.05) is 0 Å². The molecule has 0 aromatic heterocycles. The van der Waals surface area contributed by atoms with Crippen molar-refractivity contribution in [1.29, 1.82) is 5.26 Å². The molecule has 33 heavy (non-hydrogen) atoms. The van der Waals surface area contributed by atoms with Gasteiger partial charge in [0.15, 0.2) is 5.78 Å². The monoisotopic (exact) mass is 443 g/mol. The van der Waals surface area contributed by atoms with Crippen LogP contribution in [-0.2, 0) is 6.42 Å². The van der Waals surface area contributed by atoms with Gasteiger partial charge in [0.05, 0.1) is 17.7 Å². The molecule has 1 aliphatic rings. The first kappa shape index (κ1) is 24.4. The Morgan fingerprint density at radius 3 is 2.73 bits per heavy atom. The normalized spacial score (nSPS) is 17.0. The van der Waals surface area contributed by atoms with E-state index in [4.69, 9.17) is 15.5 Å². The molecule has 2 N–H and O–H groups in total. The number of nitrogens with two attached hydrogens (primary N) is 1. The lowest BCUT2D eigenvalue weighted by atomic mass is 9.98. The van der Waals surface area contributed by atoms with E-state index in [2.05, 4.69) is 26.8 Å². The minimum Gasteiger partial charge on any atom is -0.439 e. The lowest BCUT2D eigenvalue weighted by molar-refractivity contribution is 0.0974. The summed E-state index contributed by atoms with van der Waals surface area (Å²) in [4.78, 5) is 17.0. The van der Waals surface area contributed by atoms with E-state index in [1.807, 2.05) is 37.3 Å². The Morgan fingerprint density at radius 1 is 1.27 bits per heavy atom. The second-order valence-electron chi connectivity index (χ2n) is 8.86. The molecule has 0 radical (unpaired) electrons. The first-order valence-electron chi connectivity index (χ1n) is 11.8. The van der Waals surface area contributed by atoms with Gasteiger partial charge in [0.1, 0.15) is 5.75 Å². The molecular formula is C28H33N3O2. The third-order valence-corrected chi connectivity index (χ3v) is 6.09. The first-order valence-corrected chi connectivity index (χ1v) is 11.8. The van der Waals surface area contributed by atoms with E-state index < -0.39 is 6.04 Å². The number of ketones is 1. The van der Waals surface area contributed by atoms with Gasteiger partial charge in [0, 0.05) is 16.8 Å². The van der Waals surface area contributed by atoms with Crippen LogP contribution in [0.15, 0.2) is 53.3 Å². The van der Waals surface area contributed by atoms with Gasteiger partial charge in [0.2, 0.25) is 5.88 Å². The number of carbonyl (C=O) groups excluding carboxylic acids is 1. The molecule has 0 saturated carbocycles. The summed E-state index contributed by atoms with van der Waals surface area (Å²) >= 11 is 0. The molecule has 0 spiro atoms. The highest BCUT2D eigenvalue weighted by Crippen LogP contribution is 2.35. The number of carbonyl (C=O) groups is 1. The van der Waals surface area contributed by atoms with Gasteiger partial charge in [0.25, 0.3) is 0 Å². The molecule has 2 unspecified atom stereocenters. The van der Waals surface area contributed by atoms with Gasteiger partial charge in [-0.15, -0.1) is 0 Å². The topological polar surface area (TPSA) is 88.5 Å². The Labute approximate surface area is 197 Å². The minimum absolute atomic E-state index is 0.0103. The largest absolute Gasteiger partial charge is 0.439 e. The average Bonchev–Trinajstić information content (AvgIpc) is 3.09. The summed E-state index contributed by atoms with van der Waals surface area (Å²) < 4.78 is 6.35. The summed E-state index contributed by atoms with van der Waals surface area (Å²) in [6.45, 7) is 8.51. The van der Waals surface area contributed by atoms with Crippen molar-refractivity contribution >= 4 is 11.5 Å². The predicted molar refractivity (Wildman–Crippen MR) is 133 cm³/mol. The molecule has 5 heteroatoms. The lowest BCUT2D eigenvalue weighted by Gasteiger charge is -2.14. The highest BCUT2D eigenvalue weighted by atomic mass is 16.5. The van der Waals surface area contributed by atoms with E-state index >= 15 is 0 Å². The lowest BCUT2D eigenvalue weighted by Crippen LogP contribution is -2.26. The van der Waals surface area contributed by atoms with Crippen LogP contribution in [-0.4, -0.2) is 17.5 Å². The van der Waals surface area contributed by atoms with Crippen LogP contribution < -0.4 is 10.5 Å². The van der Waals surface area contributed by atoms with Crippen molar-refractivity contribution in [3.63, 3.8) is 0 Å². The predicted octanol–water partition coefficient (Wildman–Crippen LogP) is 6.21. The zero-order valence-electron chi connectivity index (χ0n) is 20.0. The number of ether oxygens (including phenoxy) is 1. The third-order valence-electron chi connectivity index (χ3n) is 6.09. The van der Waals surface area contributed by atoms with Crippen LogP contribution in [0.25, 0.3) is 11.1 Å². The first-order chi connectivity index (χ1) is 15.9. The van der Waals surface area contributed by atoms with E-state index in [0.29, 0.717) is 35.1 Å². The number of nitrogens with zero attached hydrogens (tertiary/aromatic N) is 2. The number of allylic oxidation sites excluding steroid dienone is 1. The van der Waals surface area contributed by atoms with Crippen molar-refractivity contribution in [3.05, 3.63) is 65.0 Å². The van der Waals surface area contributed by atoms with Crippen molar-refractivity contribution in [1.82, 2.24) is 0 Å². The fourth-order valence-electron chi connectivity index (χ4n) is 3.91. The van der Waals surface area contributed by atoms with Crippen LogP contribution in [0.1, 0.15) is 74.9 Å². The Bertz CT molecular complexity index is 1120. The standard InChI is InChI=1S/C28H33N3O2/c1-5-7-19(4)31-27(13-8-18(3)6-2)33-26-14-20(17-29)9-11-23(26)21-10-12-24-22(15-21)16-25(30)28(24)32/h9-15,18,25H,5-8,16,30H2,1-4H3/b27-13+,31-19-. The maximum absolute atomic E-state index is 12.2. The number of hydrogen-bond donors (Lipinski definition) is 1. The molecule has 2 atom stereocenters. The number of nitriles is 1.